The highest BCUT2D eigenvalue weighted by Crippen LogP contribution is 2.45. The Morgan fingerprint density at radius 1 is 1.28 bits per heavy atom. The Labute approximate surface area is 174 Å². The number of aromatic nitrogens is 2. The van der Waals surface area contributed by atoms with Crippen molar-refractivity contribution < 1.29 is 4.79 Å². The molecule has 0 spiro atoms. The molecule has 4 atom stereocenters. The summed E-state index contributed by atoms with van der Waals surface area (Å²) in [4.78, 5) is 18.4. The van der Waals surface area contributed by atoms with E-state index in [1.54, 1.807) is 5.57 Å². The summed E-state index contributed by atoms with van der Waals surface area (Å²) >= 11 is 0. The molecule has 0 saturated carbocycles. The molecule has 29 heavy (non-hydrogen) atoms. The van der Waals surface area contributed by atoms with Crippen LogP contribution in [0.1, 0.15) is 75.0 Å². The predicted octanol–water partition coefficient (Wildman–Crippen LogP) is 4.03. The fourth-order valence-electron chi connectivity index (χ4n) is 6.39. The van der Waals surface area contributed by atoms with Gasteiger partial charge in [0.05, 0.1) is 6.04 Å². The Bertz CT molecular complexity index is 782. The molecular weight excluding hydrogens is 360 g/mol. The third-order valence-electron chi connectivity index (χ3n) is 7.76. The molecule has 1 N–H and O–H groups in total. The number of nitrogens with zero attached hydrogens (tertiary/aromatic N) is 3. The van der Waals surface area contributed by atoms with Gasteiger partial charge in [0.2, 0.25) is 0 Å². The lowest BCUT2D eigenvalue weighted by Crippen LogP contribution is -2.60. The molecule has 2 unspecified atom stereocenters. The summed E-state index contributed by atoms with van der Waals surface area (Å²) in [5, 5.41) is 7.52. The number of H-pyrrole nitrogens is 1. The van der Waals surface area contributed by atoms with Crippen molar-refractivity contribution in [2.24, 2.45) is 17.8 Å². The van der Waals surface area contributed by atoms with E-state index in [0.29, 0.717) is 29.5 Å². The molecule has 5 rings (SSSR count). The number of aryl methyl sites for hydroxylation is 1. The van der Waals surface area contributed by atoms with Gasteiger partial charge in [0.1, 0.15) is 5.69 Å². The highest BCUT2D eigenvalue weighted by molar-refractivity contribution is 5.93. The molecule has 4 aliphatic rings. The first kappa shape index (κ1) is 19.3. The number of hydrogen-bond acceptors (Lipinski definition) is 3. The van der Waals surface area contributed by atoms with E-state index in [-0.39, 0.29) is 5.91 Å². The lowest BCUT2D eigenvalue weighted by molar-refractivity contribution is 0.00131. The van der Waals surface area contributed by atoms with Gasteiger partial charge in [-0.2, -0.15) is 5.10 Å². The Balaban J connectivity index is 1.36. The quantitative estimate of drug-likeness (QED) is 0.782. The van der Waals surface area contributed by atoms with Crippen LogP contribution in [-0.2, 0) is 6.42 Å². The zero-order valence-electron chi connectivity index (χ0n) is 18.1. The molecule has 4 heterocycles. The van der Waals surface area contributed by atoms with Crippen LogP contribution in [0.25, 0.3) is 0 Å². The Kier molecular flexibility index (Phi) is 5.27. The normalized spacial score (nSPS) is 32.0. The van der Waals surface area contributed by atoms with Crippen LogP contribution >= 0.6 is 0 Å². The molecule has 1 aromatic heterocycles. The number of hydrogen-bond donors (Lipinski definition) is 1. The van der Waals surface area contributed by atoms with Crippen LogP contribution in [0.5, 0.6) is 0 Å². The zero-order chi connectivity index (χ0) is 20.0. The summed E-state index contributed by atoms with van der Waals surface area (Å²) in [5.74, 6) is 2.10. The van der Waals surface area contributed by atoms with Crippen molar-refractivity contribution in [2.75, 3.05) is 19.6 Å². The third-order valence-corrected chi connectivity index (χ3v) is 7.76. The van der Waals surface area contributed by atoms with E-state index in [2.05, 4.69) is 39.9 Å². The van der Waals surface area contributed by atoms with Crippen molar-refractivity contribution in [1.82, 2.24) is 20.0 Å². The first-order chi connectivity index (χ1) is 14.1. The second-order valence-electron chi connectivity index (χ2n) is 10.2. The molecule has 0 radical (unpaired) electrons. The molecule has 0 aromatic carbocycles. The number of likely N-dealkylation sites (tertiary alicyclic amines) is 1. The van der Waals surface area contributed by atoms with Gasteiger partial charge in [-0.05, 0) is 75.3 Å². The SMILES string of the molecule is CC(C)CCc1cc(C(=O)N2CCCC3=C[C@@H]4C[C@@H](CN5CCCCC45)C32)n[nH]1. The molecule has 2 bridgehead atoms. The van der Waals surface area contributed by atoms with Crippen molar-refractivity contribution in [2.45, 2.75) is 77.3 Å². The summed E-state index contributed by atoms with van der Waals surface area (Å²) in [5.41, 5.74) is 3.25. The van der Waals surface area contributed by atoms with Crippen molar-refractivity contribution in [3.05, 3.63) is 29.1 Å². The molecule has 3 aliphatic heterocycles. The minimum absolute atomic E-state index is 0.131. The van der Waals surface area contributed by atoms with E-state index in [1.165, 1.54) is 45.2 Å². The topological polar surface area (TPSA) is 52.2 Å². The second-order valence-corrected chi connectivity index (χ2v) is 10.2. The van der Waals surface area contributed by atoms with Gasteiger partial charge in [-0.15, -0.1) is 0 Å². The smallest absolute Gasteiger partial charge is 0.274 e. The summed E-state index contributed by atoms with van der Waals surface area (Å²) in [6, 6.07) is 3.05. The minimum atomic E-state index is 0.131. The third kappa shape index (κ3) is 3.67. The van der Waals surface area contributed by atoms with Gasteiger partial charge in [-0.1, -0.05) is 31.9 Å². The highest BCUT2D eigenvalue weighted by atomic mass is 16.2. The Morgan fingerprint density at radius 2 is 2.17 bits per heavy atom. The maximum absolute atomic E-state index is 13.5. The molecule has 5 nitrogen and oxygen atoms in total. The summed E-state index contributed by atoms with van der Waals surface area (Å²) in [6.45, 7) is 7.77. The van der Waals surface area contributed by atoms with Crippen LogP contribution < -0.4 is 0 Å². The molecule has 1 aromatic rings. The molecule has 1 aliphatic carbocycles. The largest absolute Gasteiger partial charge is 0.330 e. The lowest BCUT2D eigenvalue weighted by Gasteiger charge is -2.54. The number of carbonyl (C=O) groups is 1. The van der Waals surface area contributed by atoms with Crippen molar-refractivity contribution in [3.8, 4) is 0 Å². The van der Waals surface area contributed by atoms with Gasteiger partial charge >= 0.3 is 0 Å². The maximum atomic E-state index is 13.5. The maximum Gasteiger partial charge on any atom is 0.274 e. The van der Waals surface area contributed by atoms with Crippen molar-refractivity contribution >= 4 is 5.91 Å². The fraction of sp³-hybridized carbons (Fsp3) is 0.750. The van der Waals surface area contributed by atoms with E-state index in [4.69, 9.17) is 0 Å². The monoisotopic (exact) mass is 396 g/mol. The lowest BCUT2D eigenvalue weighted by atomic mass is 9.68. The average molecular weight is 397 g/mol. The molecular formula is C24H36N4O. The summed E-state index contributed by atoms with van der Waals surface area (Å²) in [7, 11) is 0. The van der Waals surface area contributed by atoms with E-state index in [1.807, 2.05) is 6.07 Å². The van der Waals surface area contributed by atoms with Crippen molar-refractivity contribution in [3.63, 3.8) is 0 Å². The molecule has 5 heteroatoms. The molecule has 158 valence electrons. The first-order valence-electron chi connectivity index (χ1n) is 11.9. The zero-order valence-corrected chi connectivity index (χ0v) is 18.1. The van der Waals surface area contributed by atoms with E-state index in [0.717, 1.165) is 37.5 Å². The van der Waals surface area contributed by atoms with E-state index >= 15 is 0 Å². The molecule has 3 fully saturated rings. The number of amides is 1. The number of rotatable bonds is 4. The summed E-state index contributed by atoms with van der Waals surface area (Å²) in [6.07, 6.45) is 12.3. The van der Waals surface area contributed by atoms with E-state index < -0.39 is 0 Å². The summed E-state index contributed by atoms with van der Waals surface area (Å²) < 4.78 is 0. The van der Waals surface area contributed by atoms with Crippen LogP contribution in [-0.4, -0.2) is 57.6 Å². The van der Waals surface area contributed by atoms with Gasteiger partial charge in [0.15, 0.2) is 0 Å². The fourth-order valence-corrected chi connectivity index (χ4v) is 6.39. The standard InChI is InChI=1S/C24H36N4O/c1-16(2)8-9-20-14-21(26-25-20)24(29)28-11-5-6-17-12-18-13-19(23(17)28)15-27-10-4-3-7-22(18)27/h12,14,16,18-19,22-23H,3-11,13,15H2,1-2H3,(H,25,26)/t18-,19+,22?,23?/m1/s1. The number of carbonyl (C=O) groups excluding carboxylic acids is 1. The van der Waals surface area contributed by atoms with Gasteiger partial charge in [0.25, 0.3) is 5.91 Å². The van der Waals surface area contributed by atoms with Crippen LogP contribution in [0.3, 0.4) is 0 Å². The number of fused-ring (bicyclic) bond motifs is 6. The molecule has 1 amide bonds. The van der Waals surface area contributed by atoms with Crippen LogP contribution in [0.4, 0.5) is 0 Å². The van der Waals surface area contributed by atoms with Crippen LogP contribution in [0.15, 0.2) is 17.7 Å². The number of aromatic amines is 1. The number of piperidine rings is 3. The van der Waals surface area contributed by atoms with E-state index in [9.17, 15) is 4.79 Å². The highest BCUT2D eigenvalue weighted by Gasteiger charge is 2.47. The minimum Gasteiger partial charge on any atom is -0.330 e. The molecule has 3 saturated heterocycles. The van der Waals surface area contributed by atoms with Crippen LogP contribution in [0, 0.1) is 17.8 Å². The van der Waals surface area contributed by atoms with Crippen LogP contribution in [0.2, 0.25) is 0 Å². The average Bonchev–Trinajstić information content (AvgIpc) is 3.20. The number of nitrogens with one attached hydrogen (secondary N) is 1. The second kappa shape index (κ2) is 7.90. The Hall–Kier alpha value is -1.62. The predicted molar refractivity (Wildman–Crippen MR) is 115 cm³/mol. The van der Waals surface area contributed by atoms with Crippen molar-refractivity contribution in [1.29, 1.82) is 0 Å². The Morgan fingerprint density at radius 3 is 3.03 bits per heavy atom. The van der Waals surface area contributed by atoms with Gasteiger partial charge in [-0.3, -0.25) is 14.8 Å². The van der Waals surface area contributed by atoms with Gasteiger partial charge < -0.3 is 4.90 Å². The first-order valence-corrected chi connectivity index (χ1v) is 11.9. The van der Waals surface area contributed by atoms with Gasteiger partial charge in [-0.25, -0.2) is 0 Å². The van der Waals surface area contributed by atoms with Gasteiger partial charge in [0, 0.05) is 24.8 Å².